The minimum atomic E-state index is -0.689. The molecule has 0 saturated heterocycles. The van der Waals surface area contributed by atoms with Gasteiger partial charge in [-0.3, -0.25) is 4.79 Å². The maximum atomic E-state index is 12.6. The molecular weight excluding hydrogens is 370 g/mol. The summed E-state index contributed by atoms with van der Waals surface area (Å²) in [6.45, 7) is 0. The van der Waals surface area contributed by atoms with E-state index in [-0.39, 0.29) is 17.1 Å². The molecule has 2 aromatic carbocycles. The Morgan fingerprint density at radius 2 is 1.38 bits per heavy atom. The maximum absolute atomic E-state index is 12.6. The van der Waals surface area contributed by atoms with E-state index in [1.54, 1.807) is 66.9 Å². The quantitative estimate of drug-likeness (QED) is 0.576. The summed E-state index contributed by atoms with van der Waals surface area (Å²) in [7, 11) is 2.48. The van der Waals surface area contributed by atoms with Crippen LogP contribution in [-0.4, -0.2) is 31.9 Å². The number of hydrogen-bond acceptors (Lipinski definition) is 6. The SMILES string of the molecule is COC(=O)C1=C(C(=O)OC)N(c2ccc(C(=O)c3ccccc3)cc2)C=CC=C1. The number of nitrogens with zero attached hydrogens (tertiary/aromatic N) is 1. The summed E-state index contributed by atoms with van der Waals surface area (Å²) < 4.78 is 9.67. The molecule has 0 saturated carbocycles. The number of allylic oxidation sites excluding steroid dienone is 2. The van der Waals surface area contributed by atoms with E-state index in [2.05, 4.69) is 0 Å². The standard InChI is InChI=1S/C23H19NO5/c1-28-22(26)19-10-6-7-15-24(20(19)23(27)29-2)18-13-11-17(12-14-18)21(25)16-8-4-3-5-9-16/h3-15H,1-2H3. The van der Waals surface area contributed by atoms with Gasteiger partial charge in [0, 0.05) is 23.0 Å². The molecule has 29 heavy (non-hydrogen) atoms. The van der Waals surface area contributed by atoms with Gasteiger partial charge < -0.3 is 14.4 Å². The predicted octanol–water partition coefficient (Wildman–Crippen LogP) is 3.41. The first-order valence-electron chi connectivity index (χ1n) is 8.81. The van der Waals surface area contributed by atoms with Gasteiger partial charge >= 0.3 is 11.9 Å². The van der Waals surface area contributed by atoms with Crippen LogP contribution < -0.4 is 4.90 Å². The van der Waals surface area contributed by atoms with Crippen molar-refractivity contribution >= 4 is 23.4 Å². The Kier molecular flexibility index (Phi) is 6.04. The van der Waals surface area contributed by atoms with Crippen molar-refractivity contribution in [3.05, 3.63) is 101 Å². The Morgan fingerprint density at radius 3 is 2.00 bits per heavy atom. The number of ether oxygens (including phenoxy) is 2. The van der Waals surface area contributed by atoms with E-state index in [1.807, 2.05) is 6.07 Å². The number of ketones is 1. The zero-order valence-electron chi connectivity index (χ0n) is 16.0. The fourth-order valence-electron chi connectivity index (χ4n) is 2.90. The van der Waals surface area contributed by atoms with Crippen LogP contribution in [-0.2, 0) is 19.1 Å². The molecule has 0 fully saturated rings. The second-order valence-electron chi connectivity index (χ2n) is 6.06. The Bertz CT molecular complexity index is 1020. The highest BCUT2D eigenvalue weighted by Gasteiger charge is 2.27. The van der Waals surface area contributed by atoms with Crippen molar-refractivity contribution in [1.82, 2.24) is 0 Å². The highest BCUT2D eigenvalue weighted by atomic mass is 16.5. The van der Waals surface area contributed by atoms with Crippen molar-refractivity contribution in [1.29, 1.82) is 0 Å². The largest absolute Gasteiger partial charge is 0.465 e. The number of rotatable bonds is 5. The van der Waals surface area contributed by atoms with Crippen molar-refractivity contribution in [2.45, 2.75) is 0 Å². The van der Waals surface area contributed by atoms with E-state index in [0.29, 0.717) is 16.8 Å². The molecule has 2 aromatic rings. The lowest BCUT2D eigenvalue weighted by molar-refractivity contribution is -0.139. The highest BCUT2D eigenvalue weighted by molar-refractivity contribution is 6.09. The summed E-state index contributed by atoms with van der Waals surface area (Å²) in [6.07, 6.45) is 6.43. The van der Waals surface area contributed by atoms with E-state index < -0.39 is 11.9 Å². The molecule has 3 rings (SSSR count). The van der Waals surface area contributed by atoms with Crippen molar-refractivity contribution in [2.24, 2.45) is 0 Å². The van der Waals surface area contributed by atoms with Gasteiger partial charge in [0.05, 0.1) is 19.8 Å². The van der Waals surface area contributed by atoms with Gasteiger partial charge in [0.15, 0.2) is 5.78 Å². The lowest BCUT2D eigenvalue weighted by Crippen LogP contribution is -2.27. The maximum Gasteiger partial charge on any atom is 0.355 e. The minimum Gasteiger partial charge on any atom is -0.465 e. The minimum absolute atomic E-state index is 0.0199. The van der Waals surface area contributed by atoms with Crippen molar-refractivity contribution in [2.75, 3.05) is 19.1 Å². The van der Waals surface area contributed by atoms with Crippen LogP contribution in [0.25, 0.3) is 0 Å². The number of anilines is 1. The first-order chi connectivity index (χ1) is 14.1. The fourth-order valence-corrected chi connectivity index (χ4v) is 2.90. The summed E-state index contributed by atoms with van der Waals surface area (Å²) in [5.74, 6) is -1.46. The molecule has 1 aliphatic rings. The normalized spacial score (nSPS) is 13.1. The van der Waals surface area contributed by atoms with E-state index in [4.69, 9.17) is 9.47 Å². The summed E-state index contributed by atoms with van der Waals surface area (Å²) in [5.41, 5.74) is 1.76. The zero-order chi connectivity index (χ0) is 20.8. The van der Waals surface area contributed by atoms with E-state index in [0.717, 1.165) is 0 Å². The van der Waals surface area contributed by atoms with E-state index >= 15 is 0 Å². The summed E-state index contributed by atoms with van der Waals surface area (Å²) >= 11 is 0. The third-order valence-corrected chi connectivity index (χ3v) is 4.33. The molecule has 0 atom stereocenters. The molecule has 6 heteroatoms. The number of carbonyl (C=O) groups is 3. The average Bonchev–Trinajstić information content (AvgIpc) is 3.01. The first-order valence-corrected chi connectivity index (χ1v) is 8.81. The molecule has 0 radical (unpaired) electrons. The summed E-state index contributed by atoms with van der Waals surface area (Å²) in [4.78, 5) is 38.8. The number of carbonyl (C=O) groups excluding carboxylic acids is 3. The molecule has 0 unspecified atom stereocenters. The molecule has 0 aliphatic carbocycles. The van der Waals surface area contributed by atoms with Gasteiger partial charge in [-0.15, -0.1) is 0 Å². The Morgan fingerprint density at radius 1 is 0.759 bits per heavy atom. The van der Waals surface area contributed by atoms with Crippen LogP contribution >= 0.6 is 0 Å². The highest BCUT2D eigenvalue weighted by Crippen LogP contribution is 2.27. The summed E-state index contributed by atoms with van der Waals surface area (Å²) in [5, 5.41) is 0. The topological polar surface area (TPSA) is 72.9 Å². The molecule has 0 spiro atoms. The van der Waals surface area contributed by atoms with Gasteiger partial charge in [-0.1, -0.05) is 36.4 Å². The van der Waals surface area contributed by atoms with Crippen molar-refractivity contribution < 1.29 is 23.9 Å². The second kappa shape index (κ2) is 8.84. The Balaban J connectivity index is 2.00. The predicted molar refractivity (Wildman–Crippen MR) is 108 cm³/mol. The van der Waals surface area contributed by atoms with Gasteiger partial charge in [0.25, 0.3) is 0 Å². The van der Waals surface area contributed by atoms with Crippen LogP contribution in [0.3, 0.4) is 0 Å². The molecule has 0 N–H and O–H groups in total. The summed E-state index contributed by atoms with van der Waals surface area (Å²) in [6, 6.07) is 15.7. The van der Waals surface area contributed by atoms with Crippen molar-refractivity contribution in [3.8, 4) is 0 Å². The third-order valence-electron chi connectivity index (χ3n) is 4.33. The molecular formula is C23H19NO5. The van der Waals surface area contributed by atoms with Crippen LogP contribution in [0, 0.1) is 0 Å². The molecule has 1 heterocycles. The fraction of sp³-hybridized carbons (Fsp3) is 0.0870. The van der Waals surface area contributed by atoms with Crippen LogP contribution in [0.15, 0.2) is 90.3 Å². The van der Waals surface area contributed by atoms with Crippen LogP contribution in [0.2, 0.25) is 0 Å². The van der Waals surface area contributed by atoms with Gasteiger partial charge in [-0.2, -0.15) is 0 Å². The first kappa shape index (κ1) is 19.8. The van der Waals surface area contributed by atoms with Crippen LogP contribution in [0.4, 0.5) is 5.69 Å². The van der Waals surface area contributed by atoms with Crippen LogP contribution in [0.5, 0.6) is 0 Å². The van der Waals surface area contributed by atoms with E-state index in [9.17, 15) is 14.4 Å². The molecule has 146 valence electrons. The molecule has 0 aromatic heterocycles. The van der Waals surface area contributed by atoms with Crippen LogP contribution in [0.1, 0.15) is 15.9 Å². The molecule has 0 amide bonds. The zero-order valence-corrected chi connectivity index (χ0v) is 16.0. The smallest absolute Gasteiger partial charge is 0.355 e. The number of hydrogen-bond donors (Lipinski definition) is 0. The van der Waals surface area contributed by atoms with Gasteiger partial charge in [0.1, 0.15) is 5.70 Å². The second-order valence-corrected chi connectivity index (χ2v) is 6.06. The molecule has 0 bridgehead atoms. The lowest BCUT2D eigenvalue weighted by atomic mass is 10.0. The molecule has 1 aliphatic heterocycles. The monoisotopic (exact) mass is 389 g/mol. The van der Waals surface area contributed by atoms with Gasteiger partial charge in [-0.25, -0.2) is 9.59 Å². The van der Waals surface area contributed by atoms with Gasteiger partial charge in [-0.05, 0) is 36.4 Å². The van der Waals surface area contributed by atoms with E-state index in [1.165, 1.54) is 25.2 Å². The Hall–Kier alpha value is -3.93. The number of esters is 2. The number of benzene rings is 2. The third kappa shape index (κ3) is 4.16. The number of methoxy groups -OCH3 is 2. The van der Waals surface area contributed by atoms with Crippen molar-refractivity contribution in [3.63, 3.8) is 0 Å². The average molecular weight is 389 g/mol. The molecule has 6 nitrogen and oxygen atoms in total. The Labute approximate surface area is 168 Å². The van der Waals surface area contributed by atoms with Gasteiger partial charge in [0.2, 0.25) is 0 Å². The lowest BCUT2D eigenvalue weighted by Gasteiger charge is -2.23.